The lowest BCUT2D eigenvalue weighted by molar-refractivity contribution is 0.373. The molecule has 82 valence electrons. The van der Waals surface area contributed by atoms with Crippen molar-refractivity contribution in [3.05, 3.63) is 24.3 Å². The molecule has 3 nitrogen and oxygen atoms in total. The third-order valence-electron chi connectivity index (χ3n) is 3.23. The molecule has 1 unspecified atom stereocenters. The molecule has 0 bridgehead atoms. The molecule has 2 rings (SSSR count). The third-order valence-corrected chi connectivity index (χ3v) is 3.23. The first kappa shape index (κ1) is 10.6. The number of hydrogen-bond acceptors (Lipinski definition) is 3. The van der Waals surface area contributed by atoms with E-state index in [1.165, 1.54) is 31.2 Å². The van der Waals surface area contributed by atoms with E-state index in [0.717, 1.165) is 12.5 Å². The molecule has 1 aliphatic carbocycles. The first-order valence-corrected chi connectivity index (χ1v) is 5.90. The van der Waals surface area contributed by atoms with Crippen molar-refractivity contribution in [1.82, 2.24) is 15.3 Å². The van der Waals surface area contributed by atoms with Gasteiger partial charge in [-0.1, -0.05) is 19.8 Å². The number of aromatic nitrogens is 2. The monoisotopic (exact) mass is 205 g/mol. The van der Waals surface area contributed by atoms with E-state index < -0.39 is 0 Å². The fraction of sp³-hybridized carbons (Fsp3) is 0.667. The third kappa shape index (κ3) is 2.53. The molecule has 1 atom stereocenters. The molecule has 0 aliphatic heterocycles. The number of nitrogens with zero attached hydrogens (tertiary/aromatic N) is 2. The molecule has 1 aliphatic rings. The Kier molecular flexibility index (Phi) is 3.67. The fourth-order valence-electron chi connectivity index (χ4n) is 2.54. The van der Waals surface area contributed by atoms with Gasteiger partial charge >= 0.3 is 0 Å². The highest BCUT2D eigenvalue weighted by Crippen LogP contribution is 2.35. The summed E-state index contributed by atoms with van der Waals surface area (Å²) in [5.41, 5.74) is 1.24. The van der Waals surface area contributed by atoms with Crippen molar-refractivity contribution in [2.75, 3.05) is 6.54 Å². The predicted octanol–water partition coefficient (Wildman–Crippen LogP) is 2.32. The maximum absolute atomic E-state index is 4.11. The van der Waals surface area contributed by atoms with Crippen LogP contribution in [0.25, 0.3) is 0 Å². The highest BCUT2D eigenvalue weighted by atomic mass is 14.9. The molecule has 1 aromatic rings. The minimum absolute atomic E-state index is 0.457. The van der Waals surface area contributed by atoms with Gasteiger partial charge in [0.05, 0.1) is 0 Å². The summed E-state index contributed by atoms with van der Waals surface area (Å²) in [5, 5.41) is 3.56. The molecular weight excluding hydrogens is 186 g/mol. The van der Waals surface area contributed by atoms with Crippen molar-refractivity contribution >= 4 is 0 Å². The largest absolute Gasteiger partial charge is 0.310 e. The minimum atomic E-state index is 0.457. The predicted molar refractivity (Wildman–Crippen MR) is 60.4 cm³/mol. The van der Waals surface area contributed by atoms with Crippen LogP contribution < -0.4 is 5.32 Å². The molecule has 0 aromatic carbocycles. The summed E-state index contributed by atoms with van der Waals surface area (Å²) in [7, 11) is 0. The van der Waals surface area contributed by atoms with Gasteiger partial charge in [0, 0.05) is 24.0 Å². The summed E-state index contributed by atoms with van der Waals surface area (Å²) in [6.45, 7) is 3.17. The summed E-state index contributed by atoms with van der Waals surface area (Å²) in [5.74, 6) is 0.774. The maximum Gasteiger partial charge on any atom is 0.115 e. The van der Waals surface area contributed by atoms with Gasteiger partial charge in [-0.2, -0.15) is 0 Å². The summed E-state index contributed by atoms with van der Waals surface area (Å²) in [4.78, 5) is 8.22. The van der Waals surface area contributed by atoms with E-state index in [-0.39, 0.29) is 0 Å². The van der Waals surface area contributed by atoms with E-state index in [0.29, 0.717) is 6.04 Å². The van der Waals surface area contributed by atoms with Gasteiger partial charge in [-0.25, -0.2) is 9.97 Å². The molecule has 1 saturated carbocycles. The second-order valence-corrected chi connectivity index (χ2v) is 4.25. The Bertz CT molecular complexity index is 280. The molecule has 1 aromatic heterocycles. The van der Waals surface area contributed by atoms with Crippen LogP contribution in [0.2, 0.25) is 0 Å². The maximum atomic E-state index is 4.11. The van der Waals surface area contributed by atoms with Gasteiger partial charge in [0.1, 0.15) is 6.33 Å². The van der Waals surface area contributed by atoms with E-state index in [4.69, 9.17) is 0 Å². The van der Waals surface area contributed by atoms with Gasteiger partial charge in [-0.3, -0.25) is 0 Å². The zero-order chi connectivity index (χ0) is 10.5. The lowest BCUT2D eigenvalue weighted by Crippen LogP contribution is -2.27. The highest BCUT2D eigenvalue weighted by molar-refractivity contribution is 5.11. The highest BCUT2D eigenvalue weighted by Gasteiger charge is 2.25. The Morgan fingerprint density at radius 2 is 2.00 bits per heavy atom. The van der Waals surface area contributed by atoms with E-state index in [9.17, 15) is 0 Å². The first-order valence-electron chi connectivity index (χ1n) is 5.90. The molecule has 3 heteroatoms. The van der Waals surface area contributed by atoms with E-state index >= 15 is 0 Å². The smallest absolute Gasteiger partial charge is 0.115 e. The van der Waals surface area contributed by atoms with Crippen LogP contribution in [0.5, 0.6) is 0 Å². The molecule has 1 heterocycles. The van der Waals surface area contributed by atoms with Gasteiger partial charge in [-0.15, -0.1) is 0 Å². The Labute approximate surface area is 91.3 Å². The Hall–Kier alpha value is -0.960. The minimum Gasteiger partial charge on any atom is -0.310 e. The Morgan fingerprint density at radius 3 is 2.60 bits per heavy atom. The quantitative estimate of drug-likeness (QED) is 0.819. The number of rotatable bonds is 4. The van der Waals surface area contributed by atoms with Gasteiger partial charge < -0.3 is 5.32 Å². The van der Waals surface area contributed by atoms with Crippen molar-refractivity contribution in [2.24, 2.45) is 5.92 Å². The summed E-state index contributed by atoms with van der Waals surface area (Å²) < 4.78 is 0. The van der Waals surface area contributed by atoms with Crippen LogP contribution in [0.1, 0.15) is 44.2 Å². The van der Waals surface area contributed by atoms with Crippen molar-refractivity contribution in [3.63, 3.8) is 0 Å². The number of hydrogen-bond donors (Lipinski definition) is 1. The summed E-state index contributed by atoms with van der Waals surface area (Å²) >= 11 is 0. The Balaban J connectivity index is 2.11. The first-order chi connectivity index (χ1) is 7.42. The lowest BCUT2D eigenvalue weighted by Gasteiger charge is -2.23. The van der Waals surface area contributed by atoms with Crippen molar-refractivity contribution < 1.29 is 0 Å². The zero-order valence-electron chi connectivity index (χ0n) is 9.32. The molecule has 0 spiro atoms. The molecule has 1 N–H and O–H groups in total. The van der Waals surface area contributed by atoms with Gasteiger partial charge in [0.15, 0.2) is 0 Å². The van der Waals surface area contributed by atoms with Crippen LogP contribution >= 0.6 is 0 Å². The normalized spacial score (nSPS) is 19.3. The summed E-state index contributed by atoms with van der Waals surface area (Å²) in [6.07, 6.45) is 10.9. The summed E-state index contributed by atoms with van der Waals surface area (Å²) in [6, 6.07) is 0.457. The van der Waals surface area contributed by atoms with Crippen LogP contribution in [0, 0.1) is 5.92 Å². The van der Waals surface area contributed by atoms with E-state index in [1.807, 2.05) is 12.4 Å². The average molecular weight is 205 g/mol. The van der Waals surface area contributed by atoms with Crippen molar-refractivity contribution in [2.45, 2.75) is 38.6 Å². The second kappa shape index (κ2) is 5.21. The van der Waals surface area contributed by atoms with Crippen molar-refractivity contribution in [3.8, 4) is 0 Å². The SMILES string of the molecule is CCNC(c1cncnc1)C1CCCC1. The standard InChI is InChI=1S/C12H19N3/c1-2-15-12(10-5-3-4-6-10)11-7-13-9-14-8-11/h7-10,12,15H,2-6H2,1H3. The second-order valence-electron chi connectivity index (χ2n) is 4.25. The van der Waals surface area contributed by atoms with Gasteiger partial charge in [0.25, 0.3) is 0 Å². The van der Waals surface area contributed by atoms with Crippen LogP contribution in [-0.2, 0) is 0 Å². The zero-order valence-corrected chi connectivity index (χ0v) is 9.32. The van der Waals surface area contributed by atoms with Crippen LogP contribution in [0.3, 0.4) is 0 Å². The topological polar surface area (TPSA) is 37.8 Å². The molecule has 0 amide bonds. The lowest BCUT2D eigenvalue weighted by atomic mass is 9.93. The molecule has 1 fully saturated rings. The van der Waals surface area contributed by atoms with Crippen LogP contribution in [-0.4, -0.2) is 16.5 Å². The molecule has 0 saturated heterocycles. The van der Waals surface area contributed by atoms with Crippen LogP contribution in [0.4, 0.5) is 0 Å². The van der Waals surface area contributed by atoms with Crippen LogP contribution in [0.15, 0.2) is 18.7 Å². The Morgan fingerprint density at radius 1 is 1.33 bits per heavy atom. The molecule has 0 radical (unpaired) electrons. The average Bonchev–Trinajstić information content (AvgIpc) is 2.80. The number of nitrogens with one attached hydrogen (secondary N) is 1. The molecule has 15 heavy (non-hydrogen) atoms. The van der Waals surface area contributed by atoms with E-state index in [1.54, 1.807) is 6.33 Å². The van der Waals surface area contributed by atoms with Gasteiger partial charge in [-0.05, 0) is 25.3 Å². The van der Waals surface area contributed by atoms with Crippen molar-refractivity contribution in [1.29, 1.82) is 0 Å². The van der Waals surface area contributed by atoms with Gasteiger partial charge in [0.2, 0.25) is 0 Å². The fourth-order valence-corrected chi connectivity index (χ4v) is 2.54. The molecular formula is C12H19N3. The van der Waals surface area contributed by atoms with E-state index in [2.05, 4.69) is 22.2 Å².